The van der Waals surface area contributed by atoms with Gasteiger partial charge in [-0.05, 0) is 37.5 Å². The lowest BCUT2D eigenvalue weighted by Crippen LogP contribution is -2.29. The third kappa shape index (κ3) is 2.62. The lowest BCUT2D eigenvalue weighted by Gasteiger charge is -2.24. The average molecular weight is 319 g/mol. The summed E-state index contributed by atoms with van der Waals surface area (Å²) >= 11 is 0. The molecule has 0 radical (unpaired) electrons. The Morgan fingerprint density at radius 3 is 2.48 bits per heavy atom. The van der Waals surface area contributed by atoms with Crippen LogP contribution in [-0.4, -0.2) is 38.8 Å². The molecule has 1 aliphatic carbocycles. The van der Waals surface area contributed by atoms with Crippen LogP contribution in [0, 0.1) is 11.8 Å². The minimum absolute atomic E-state index is 0.0628. The topological polar surface area (TPSA) is 113 Å². The van der Waals surface area contributed by atoms with Crippen molar-refractivity contribution in [3.63, 3.8) is 0 Å². The second kappa shape index (κ2) is 5.25. The van der Waals surface area contributed by atoms with Crippen molar-refractivity contribution >= 4 is 23.5 Å². The molecular formula is C14H17N5O4. The van der Waals surface area contributed by atoms with Gasteiger partial charge in [-0.1, -0.05) is 0 Å². The van der Waals surface area contributed by atoms with Gasteiger partial charge in [-0.15, -0.1) is 9.56 Å². The van der Waals surface area contributed by atoms with Crippen LogP contribution in [0.5, 0.6) is 0 Å². The van der Waals surface area contributed by atoms with Crippen molar-refractivity contribution in [2.75, 3.05) is 23.3 Å². The summed E-state index contributed by atoms with van der Waals surface area (Å²) in [5.41, 5.74) is 0. The fourth-order valence-corrected chi connectivity index (χ4v) is 3.65. The molecule has 2 bridgehead atoms. The fourth-order valence-electron chi connectivity index (χ4n) is 3.65. The summed E-state index contributed by atoms with van der Waals surface area (Å²) < 4.78 is 5.87. The van der Waals surface area contributed by atoms with Crippen molar-refractivity contribution < 1.29 is 14.4 Å². The molecule has 122 valence electrons. The van der Waals surface area contributed by atoms with Gasteiger partial charge in [0.05, 0.1) is 0 Å². The highest BCUT2D eigenvalue weighted by atomic mass is 16.5. The van der Waals surface area contributed by atoms with E-state index in [0.29, 0.717) is 17.7 Å². The van der Waals surface area contributed by atoms with Crippen LogP contribution in [0.25, 0.3) is 5.78 Å². The van der Waals surface area contributed by atoms with Crippen LogP contribution in [0.1, 0.15) is 25.7 Å². The van der Waals surface area contributed by atoms with Gasteiger partial charge in [0.2, 0.25) is 0 Å². The van der Waals surface area contributed by atoms with Gasteiger partial charge < -0.3 is 14.5 Å². The Kier molecular flexibility index (Phi) is 3.21. The summed E-state index contributed by atoms with van der Waals surface area (Å²) in [6, 6.07) is 1.59. The van der Waals surface area contributed by atoms with E-state index in [0.717, 1.165) is 17.7 Å². The largest absolute Gasteiger partial charge is 0.465 e. The monoisotopic (exact) mass is 319 g/mol. The molecule has 0 unspecified atom stereocenters. The van der Waals surface area contributed by atoms with E-state index in [-0.39, 0.29) is 11.6 Å². The fraction of sp³-hybridized carbons (Fsp3) is 0.571. The van der Waals surface area contributed by atoms with E-state index < -0.39 is 11.8 Å². The molecule has 5 rings (SSSR count). The van der Waals surface area contributed by atoms with Crippen LogP contribution in [0.3, 0.4) is 0 Å². The molecule has 0 aromatic carbocycles. The standard InChI is InChI=1S/C14H17N5O4/c20-13(21)16-11-5-10(15-12-17-14(22)23-19(11)12)18-6-8-1-2-9(7-18)4-3-8/h5,8-9,16H,1-4,6-7H2,(H,20,21). The highest BCUT2D eigenvalue weighted by Gasteiger charge is 2.30. The molecule has 0 atom stereocenters. The van der Waals surface area contributed by atoms with E-state index in [9.17, 15) is 9.59 Å². The molecular weight excluding hydrogens is 302 g/mol. The van der Waals surface area contributed by atoms with Crippen LogP contribution in [0.2, 0.25) is 0 Å². The molecule has 0 spiro atoms. The zero-order chi connectivity index (χ0) is 16.0. The summed E-state index contributed by atoms with van der Waals surface area (Å²) in [6.45, 7) is 1.79. The van der Waals surface area contributed by atoms with Gasteiger partial charge >= 0.3 is 11.8 Å². The molecule has 3 aliphatic rings. The van der Waals surface area contributed by atoms with Gasteiger partial charge in [-0.3, -0.25) is 5.32 Å². The molecule has 1 amide bonds. The average Bonchev–Trinajstić information content (AvgIpc) is 2.69. The Hall–Kier alpha value is -2.58. The number of anilines is 2. The maximum absolute atomic E-state index is 11.4. The summed E-state index contributed by atoms with van der Waals surface area (Å²) in [6.07, 6.45) is 3.68. The molecule has 2 aromatic rings. The Bertz CT molecular complexity index is 791. The summed E-state index contributed by atoms with van der Waals surface area (Å²) in [7, 11) is 0. The van der Waals surface area contributed by atoms with E-state index in [1.165, 1.54) is 25.7 Å². The first-order valence-electron chi connectivity index (χ1n) is 7.74. The molecule has 2 N–H and O–H groups in total. The predicted molar refractivity (Wildman–Crippen MR) is 80.8 cm³/mol. The molecule has 4 heterocycles. The number of carboxylic acid groups (broad SMARTS) is 1. The quantitative estimate of drug-likeness (QED) is 0.860. The zero-order valence-electron chi connectivity index (χ0n) is 12.4. The number of amides is 1. The first-order chi connectivity index (χ1) is 11.1. The molecule has 9 heteroatoms. The lowest BCUT2D eigenvalue weighted by molar-refractivity contribution is 0.209. The van der Waals surface area contributed by atoms with E-state index >= 15 is 0 Å². The maximum Gasteiger partial charge on any atom is 0.461 e. The first-order valence-corrected chi connectivity index (χ1v) is 7.74. The maximum atomic E-state index is 11.4. The predicted octanol–water partition coefficient (Wildman–Crippen LogP) is 1.40. The van der Waals surface area contributed by atoms with Gasteiger partial charge in [0.1, 0.15) is 5.82 Å². The van der Waals surface area contributed by atoms with Gasteiger partial charge in [0.25, 0.3) is 5.78 Å². The number of hydrogen-bond acceptors (Lipinski definition) is 6. The molecule has 2 aromatic heterocycles. The van der Waals surface area contributed by atoms with Crippen molar-refractivity contribution in [3.8, 4) is 0 Å². The number of hydrogen-bond donors (Lipinski definition) is 2. The normalized spacial score (nSPS) is 23.9. The van der Waals surface area contributed by atoms with Crippen molar-refractivity contribution in [2.24, 2.45) is 11.8 Å². The van der Waals surface area contributed by atoms with E-state index in [1.54, 1.807) is 6.07 Å². The van der Waals surface area contributed by atoms with E-state index in [1.807, 2.05) is 0 Å². The molecule has 9 nitrogen and oxygen atoms in total. The minimum atomic E-state index is -1.24. The summed E-state index contributed by atoms with van der Waals surface area (Å²) in [5.74, 6) is 1.29. The summed E-state index contributed by atoms with van der Waals surface area (Å²) in [5, 5.41) is 11.2. The van der Waals surface area contributed by atoms with Crippen molar-refractivity contribution in [2.45, 2.75) is 25.7 Å². The lowest BCUT2D eigenvalue weighted by atomic mass is 9.84. The van der Waals surface area contributed by atoms with E-state index in [2.05, 4.69) is 20.2 Å². The second-order valence-electron chi connectivity index (χ2n) is 6.28. The van der Waals surface area contributed by atoms with Gasteiger partial charge in [-0.2, -0.15) is 4.98 Å². The third-order valence-electron chi connectivity index (χ3n) is 4.72. The molecule has 1 saturated carbocycles. The SMILES string of the molecule is O=C(O)Nc1cc(N2CC3CCC(CC3)C2)nc2nc(=O)on12. The number of fused-ring (bicyclic) bond motifs is 5. The first kappa shape index (κ1) is 14.0. The Balaban J connectivity index is 1.77. The number of nitrogens with one attached hydrogen (secondary N) is 1. The van der Waals surface area contributed by atoms with Crippen LogP contribution < -0.4 is 16.0 Å². The smallest absolute Gasteiger partial charge is 0.461 e. The Morgan fingerprint density at radius 2 is 1.87 bits per heavy atom. The van der Waals surface area contributed by atoms with Crippen molar-refractivity contribution in [3.05, 3.63) is 16.6 Å². The highest BCUT2D eigenvalue weighted by molar-refractivity contribution is 5.82. The zero-order valence-corrected chi connectivity index (χ0v) is 12.4. The van der Waals surface area contributed by atoms with Crippen molar-refractivity contribution in [1.29, 1.82) is 0 Å². The highest BCUT2D eigenvalue weighted by Crippen LogP contribution is 2.35. The van der Waals surface area contributed by atoms with Gasteiger partial charge in [0, 0.05) is 19.2 Å². The number of rotatable bonds is 2. The Labute approximate surface area is 130 Å². The Morgan fingerprint density at radius 1 is 1.22 bits per heavy atom. The summed E-state index contributed by atoms with van der Waals surface area (Å²) in [4.78, 5) is 32.6. The van der Waals surface area contributed by atoms with Gasteiger partial charge in [0.15, 0.2) is 5.82 Å². The molecule has 3 fully saturated rings. The third-order valence-corrected chi connectivity index (χ3v) is 4.72. The second-order valence-corrected chi connectivity index (χ2v) is 6.28. The number of carbonyl (C=O) groups is 1. The van der Waals surface area contributed by atoms with Crippen LogP contribution >= 0.6 is 0 Å². The van der Waals surface area contributed by atoms with Gasteiger partial charge in [-0.25, -0.2) is 9.59 Å². The van der Waals surface area contributed by atoms with Crippen LogP contribution in [0.15, 0.2) is 15.4 Å². The number of aromatic nitrogens is 3. The van der Waals surface area contributed by atoms with Crippen LogP contribution in [0.4, 0.5) is 16.4 Å². The molecule has 2 saturated heterocycles. The number of nitrogens with zero attached hydrogens (tertiary/aromatic N) is 4. The van der Waals surface area contributed by atoms with Crippen LogP contribution in [-0.2, 0) is 0 Å². The molecule has 23 heavy (non-hydrogen) atoms. The van der Waals surface area contributed by atoms with Crippen molar-refractivity contribution in [1.82, 2.24) is 14.5 Å². The molecule has 2 aliphatic heterocycles. The van der Waals surface area contributed by atoms with E-state index in [4.69, 9.17) is 9.63 Å². The minimum Gasteiger partial charge on any atom is -0.465 e.